The van der Waals surface area contributed by atoms with Gasteiger partial charge >= 0.3 is 5.97 Å². The zero-order valence-electron chi connectivity index (χ0n) is 10.9. The molecule has 1 fully saturated rings. The van der Waals surface area contributed by atoms with Gasteiger partial charge in [-0.15, -0.1) is 11.3 Å². The van der Waals surface area contributed by atoms with Crippen molar-refractivity contribution in [3.63, 3.8) is 0 Å². The van der Waals surface area contributed by atoms with Crippen molar-refractivity contribution in [1.82, 2.24) is 4.31 Å². The molecule has 0 aliphatic heterocycles. The molecule has 0 aromatic carbocycles. The minimum absolute atomic E-state index is 0.0932. The number of aromatic carboxylic acids is 1. The first-order valence-corrected chi connectivity index (χ1v) is 8.38. The summed E-state index contributed by atoms with van der Waals surface area (Å²) in [7, 11) is -2.00. The van der Waals surface area contributed by atoms with Crippen LogP contribution in [-0.2, 0) is 10.0 Å². The summed E-state index contributed by atoms with van der Waals surface area (Å²) >= 11 is 0.826. The molecule has 7 heteroatoms. The lowest BCUT2D eigenvalue weighted by Gasteiger charge is -2.29. The molecule has 1 heterocycles. The minimum atomic E-state index is -3.56. The normalized spacial score (nSPS) is 16.6. The Bertz CT molecular complexity index is 587. The van der Waals surface area contributed by atoms with Gasteiger partial charge < -0.3 is 5.11 Å². The number of hydrogen-bond acceptors (Lipinski definition) is 4. The number of aryl methyl sites for hydroxylation is 1. The van der Waals surface area contributed by atoms with Crippen LogP contribution in [0.1, 0.15) is 34.5 Å². The number of carbonyl (C=O) groups is 1. The van der Waals surface area contributed by atoms with E-state index in [2.05, 4.69) is 0 Å². The highest BCUT2D eigenvalue weighted by Crippen LogP contribution is 2.31. The topological polar surface area (TPSA) is 74.7 Å². The SMILES string of the molecule is Cc1cc(S(=O)(=O)N(C)CC2CCC2)sc1C(=O)O. The Morgan fingerprint density at radius 2 is 2.16 bits per heavy atom. The molecule has 0 spiro atoms. The molecule has 0 saturated heterocycles. The van der Waals surface area contributed by atoms with Gasteiger partial charge in [-0.05, 0) is 37.3 Å². The average Bonchev–Trinajstić information content (AvgIpc) is 2.66. The highest BCUT2D eigenvalue weighted by Gasteiger charge is 2.29. The van der Waals surface area contributed by atoms with Crippen LogP contribution in [0.15, 0.2) is 10.3 Å². The minimum Gasteiger partial charge on any atom is -0.477 e. The summed E-state index contributed by atoms with van der Waals surface area (Å²) in [6.45, 7) is 2.13. The van der Waals surface area contributed by atoms with Crippen LogP contribution in [0.5, 0.6) is 0 Å². The number of carboxylic acid groups (broad SMARTS) is 1. The quantitative estimate of drug-likeness (QED) is 0.904. The summed E-state index contributed by atoms with van der Waals surface area (Å²) < 4.78 is 26.1. The molecule has 19 heavy (non-hydrogen) atoms. The van der Waals surface area contributed by atoms with Crippen molar-refractivity contribution in [2.45, 2.75) is 30.4 Å². The van der Waals surface area contributed by atoms with Crippen molar-refractivity contribution in [2.75, 3.05) is 13.6 Å². The molecule has 5 nitrogen and oxygen atoms in total. The van der Waals surface area contributed by atoms with Crippen molar-refractivity contribution >= 4 is 27.3 Å². The van der Waals surface area contributed by atoms with Gasteiger partial charge in [-0.2, -0.15) is 4.31 Å². The van der Waals surface area contributed by atoms with Crippen molar-refractivity contribution in [1.29, 1.82) is 0 Å². The molecule has 0 radical (unpaired) electrons. The second kappa shape index (κ2) is 5.22. The fourth-order valence-corrected chi connectivity index (χ4v) is 4.92. The summed E-state index contributed by atoms with van der Waals surface area (Å²) in [6, 6.07) is 1.45. The van der Waals surface area contributed by atoms with Gasteiger partial charge in [0.05, 0.1) is 0 Å². The van der Waals surface area contributed by atoms with Crippen molar-refractivity contribution in [3.05, 3.63) is 16.5 Å². The Labute approximate surface area is 116 Å². The van der Waals surface area contributed by atoms with E-state index in [1.165, 1.54) is 16.8 Å². The van der Waals surface area contributed by atoms with Gasteiger partial charge in [0.25, 0.3) is 10.0 Å². The smallest absolute Gasteiger partial charge is 0.346 e. The zero-order chi connectivity index (χ0) is 14.2. The molecular weight excluding hydrogens is 286 g/mol. The summed E-state index contributed by atoms with van der Waals surface area (Å²) in [5.41, 5.74) is 0.494. The Kier molecular flexibility index (Phi) is 3.98. The molecule has 0 bridgehead atoms. The Morgan fingerprint density at radius 3 is 2.58 bits per heavy atom. The molecular formula is C12H17NO4S2. The van der Waals surface area contributed by atoms with Crippen LogP contribution in [0.4, 0.5) is 0 Å². The van der Waals surface area contributed by atoms with E-state index in [0.717, 1.165) is 24.2 Å². The van der Waals surface area contributed by atoms with Crippen LogP contribution < -0.4 is 0 Å². The fraction of sp³-hybridized carbons (Fsp3) is 0.583. The second-order valence-corrected chi connectivity index (χ2v) is 8.29. The largest absolute Gasteiger partial charge is 0.477 e. The predicted molar refractivity (Wildman–Crippen MR) is 73.2 cm³/mol. The van der Waals surface area contributed by atoms with Crippen LogP contribution >= 0.6 is 11.3 Å². The van der Waals surface area contributed by atoms with Crippen molar-refractivity contribution < 1.29 is 18.3 Å². The van der Waals surface area contributed by atoms with Crippen LogP contribution in [0.2, 0.25) is 0 Å². The molecule has 1 aromatic rings. The zero-order valence-corrected chi connectivity index (χ0v) is 12.6. The molecule has 106 valence electrons. The van der Waals surface area contributed by atoms with Gasteiger partial charge in [0.15, 0.2) is 0 Å². The Morgan fingerprint density at radius 1 is 1.53 bits per heavy atom. The Balaban J connectivity index is 2.23. The van der Waals surface area contributed by atoms with Crippen molar-refractivity contribution in [2.24, 2.45) is 5.92 Å². The predicted octanol–water partition coefficient (Wildman–Crippen LogP) is 2.18. The summed E-state index contributed by atoms with van der Waals surface area (Å²) in [6.07, 6.45) is 3.31. The maximum Gasteiger partial charge on any atom is 0.346 e. The lowest BCUT2D eigenvalue weighted by Crippen LogP contribution is -2.33. The Hall–Kier alpha value is -0.920. The van der Waals surface area contributed by atoms with E-state index in [4.69, 9.17) is 5.11 Å². The fourth-order valence-electron chi connectivity index (χ4n) is 2.08. The molecule has 0 atom stereocenters. The number of nitrogens with zero attached hydrogens (tertiary/aromatic N) is 1. The summed E-state index contributed by atoms with van der Waals surface area (Å²) in [5, 5.41) is 8.98. The van der Waals surface area contributed by atoms with Gasteiger partial charge in [-0.3, -0.25) is 0 Å². The number of sulfonamides is 1. The van der Waals surface area contributed by atoms with Gasteiger partial charge in [-0.25, -0.2) is 13.2 Å². The molecule has 1 saturated carbocycles. The van der Waals surface area contributed by atoms with Crippen LogP contribution in [0.25, 0.3) is 0 Å². The lowest BCUT2D eigenvalue weighted by molar-refractivity contribution is 0.0701. The number of carboxylic acids is 1. The molecule has 1 N–H and O–H groups in total. The second-order valence-electron chi connectivity index (χ2n) is 4.97. The first kappa shape index (κ1) is 14.5. The lowest BCUT2D eigenvalue weighted by atomic mass is 9.86. The van der Waals surface area contributed by atoms with E-state index in [0.29, 0.717) is 18.0 Å². The monoisotopic (exact) mass is 303 g/mol. The first-order chi connectivity index (χ1) is 8.82. The first-order valence-electron chi connectivity index (χ1n) is 6.12. The number of thiophene rings is 1. The van der Waals surface area contributed by atoms with Crippen LogP contribution in [0.3, 0.4) is 0 Å². The molecule has 0 unspecified atom stereocenters. The summed E-state index contributed by atoms with van der Waals surface area (Å²) in [4.78, 5) is 11.1. The van der Waals surface area contributed by atoms with Gasteiger partial charge in [0, 0.05) is 13.6 Å². The van der Waals surface area contributed by atoms with Crippen molar-refractivity contribution in [3.8, 4) is 0 Å². The molecule has 1 aliphatic carbocycles. The van der Waals surface area contributed by atoms with E-state index in [-0.39, 0.29) is 9.09 Å². The van der Waals surface area contributed by atoms with E-state index < -0.39 is 16.0 Å². The summed E-state index contributed by atoms with van der Waals surface area (Å²) in [5.74, 6) is -0.634. The van der Waals surface area contributed by atoms with Gasteiger partial charge in [0.2, 0.25) is 0 Å². The van der Waals surface area contributed by atoms with E-state index in [1.54, 1.807) is 14.0 Å². The molecule has 2 rings (SSSR count). The highest BCUT2D eigenvalue weighted by atomic mass is 32.2. The standard InChI is InChI=1S/C12H17NO4S2/c1-8-6-10(18-11(8)12(14)15)19(16,17)13(2)7-9-4-3-5-9/h6,9H,3-5,7H2,1-2H3,(H,14,15). The third kappa shape index (κ3) is 2.82. The average molecular weight is 303 g/mol. The van der Waals surface area contributed by atoms with Crippen LogP contribution in [0, 0.1) is 12.8 Å². The molecule has 0 amide bonds. The van der Waals surface area contributed by atoms with Gasteiger partial charge in [0.1, 0.15) is 9.09 Å². The third-order valence-electron chi connectivity index (χ3n) is 3.49. The maximum atomic E-state index is 12.3. The van der Waals surface area contributed by atoms with Gasteiger partial charge in [-0.1, -0.05) is 6.42 Å². The van der Waals surface area contributed by atoms with E-state index in [1.807, 2.05) is 0 Å². The van der Waals surface area contributed by atoms with Crippen LogP contribution in [-0.4, -0.2) is 37.4 Å². The van der Waals surface area contributed by atoms with E-state index >= 15 is 0 Å². The number of rotatable bonds is 5. The molecule has 1 aliphatic rings. The highest BCUT2D eigenvalue weighted by molar-refractivity contribution is 7.91. The van der Waals surface area contributed by atoms with E-state index in [9.17, 15) is 13.2 Å². The number of hydrogen-bond donors (Lipinski definition) is 1. The maximum absolute atomic E-state index is 12.3. The molecule has 1 aromatic heterocycles. The third-order valence-corrected chi connectivity index (χ3v) is 6.99.